The zero-order chi connectivity index (χ0) is 27.9. The van der Waals surface area contributed by atoms with Crippen molar-refractivity contribution in [1.82, 2.24) is 0 Å². The van der Waals surface area contributed by atoms with Gasteiger partial charge in [0.15, 0.2) is 11.5 Å². The number of nitro benzene ring substituents is 1. The summed E-state index contributed by atoms with van der Waals surface area (Å²) in [4.78, 5) is 22.6. The van der Waals surface area contributed by atoms with Crippen LogP contribution in [0.25, 0.3) is 6.08 Å². The van der Waals surface area contributed by atoms with Crippen LogP contribution in [0.1, 0.15) is 12.5 Å². The number of amides is 1. The summed E-state index contributed by atoms with van der Waals surface area (Å²) in [6, 6.07) is 15.5. The molecule has 0 saturated heterocycles. The molecule has 0 aliphatic heterocycles. The van der Waals surface area contributed by atoms with Gasteiger partial charge in [0.2, 0.25) is 0 Å². The molecule has 0 radical (unpaired) electrons. The Bertz CT molecular complexity index is 1550. The van der Waals surface area contributed by atoms with Gasteiger partial charge in [-0.1, -0.05) is 6.07 Å². The van der Waals surface area contributed by atoms with Gasteiger partial charge in [0.25, 0.3) is 11.6 Å². The molecule has 3 rings (SSSR count). The average Bonchev–Trinajstić information content (AvgIpc) is 2.89. The van der Waals surface area contributed by atoms with Gasteiger partial charge in [-0.25, -0.2) is 0 Å². The first-order valence-corrected chi connectivity index (χ1v) is 13.0. The molecule has 0 aliphatic rings. The van der Waals surface area contributed by atoms with E-state index in [0.717, 1.165) is 24.3 Å². The van der Waals surface area contributed by atoms with E-state index >= 15 is 0 Å². The first kappa shape index (κ1) is 28.2. The van der Waals surface area contributed by atoms with E-state index in [2.05, 4.69) is 21.2 Å². The largest absolute Gasteiger partial charge is 0.494 e. The van der Waals surface area contributed by atoms with Crippen molar-refractivity contribution in [3.05, 3.63) is 86.4 Å². The van der Waals surface area contributed by atoms with Crippen LogP contribution in [0.3, 0.4) is 0 Å². The van der Waals surface area contributed by atoms with E-state index in [1.165, 1.54) is 25.3 Å². The Balaban J connectivity index is 1.87. The van der Waals surface area contributed by atoms with Crippen LogP contribution in [0.2, 0.25) is 0 Å². The lowest BCUT2D eigenvalue weighted by Gasteiger charge is -2.13. The highest BCUT2D eigenvalue weighted by atomic mass is 79.9. The Morgan fingerprint density at radius 3 is 2.50 bits per heavy atom. The van der Waals surface area contributed by atoms with Crippen molar-refractivity contribution in [2.75, 3.05) is 19.0 Å². The molecule has 0 heterocycles. The number of hydrogen-bond acceptors (Lipinski definition) is 9. The number of carbonyl (C=O) groups is 1. The highest BCUT2D eigenvalue weighted by Crippen LogP contribution is 2.39. The number of nitrogens with one attached hydrogen (secondary N) is 1. The van der Waals surface area contributed by atoms with Gasteiger partial charge in [0, 0.05) is 23.9 Å². The van der Waals surface area contributed by atoms with Crippen molar-refractivity contribution < 1.29 is 31.8 Å². The van der Waals surface area contributed by atoms with E-state index in [9.17, 15) is 28.6 Å². The average molecular weight is 602 g/mol. The molecule has 11 nitrogen and oxygen atoms in total. The number of nitriles is 1. The van der Waals surface area contributed by atoms with Crippen molar-refractivity contribution in [3.8, 4) is 23.3 Å². The fourth-order valence-electron chi connectivity index (χ4n) is 3.14. The molecule has 0 aliphatic carbocycles. The predicted molar refractivity (Wildman–Crippen MR) is 141 cm³/mol. The lowest BCUT2D eigenvalue weighted by atomic mass is 10.1. The molecular formula is C25H20BrN3O8S. The van der Waals surface area contributed by atoms with Crippen LogP contribution in [-0.2, 0) is 14.9 Å². The number of methoxy groups -OCH3 is 1. The van der Waals surface area contributed by atoms with Crippen LogP contribution in [-0.4, -0.2) is 33.0 Å². The number of rotatable bonds is 10. The number of anilines is 1. The molecule has 0 unspecified atom stereocenters. The van der Waals surface area contributed by atoms with Gasteiger partial charge < -0.3 is 19.0 Å². The highest BCUT2D eigenvalue weighted by Gasteiger charge is 2.23. The van der Waals surface area contributed by atoms with E-state index in [0.29, 0.717) is 23.6 Å². The second kappa shape index (κ2) is 12.2. The van der Waals surface area contributed by atoms with Gasteiger partial charge in [-0.05, 0) is 70.9 Å². The van der Waals surface area contributed by atoms with Crippen LogP contribution in [0, 0.1) is 21.4 Å². The Hall–Kier alpha value is -4.41. The molecule has 3 aromatic rings. The predicted octanol–water partition coefficient (Wildman–Crippen LogP) is 5.08. The summed E-state index contributed by atoms with van der Waals surface area (Å²) < 4.78 is 41.6. The van der Waals surface area contributed by atoms with Crippen molar-refractivity contribution in [2.24, 2.45) is 0 Å². The van der Waals surface area contributed by atoms with E-state index in [1.54, 1.807) is 24.3 Å². The maximum Gasteiger partial charge on any atom is 0.339 e. The molecular weight excluding hydrogens is 582 g/mol. The van der Waals surface area contributed by atoms with Crippen LogP contribution in [0.5, 0.6) is 17.2 Å². The SMILES string of the molecule is CCOc1cccc(NC(=O)/C(C#N)=C/c2cc(Br)c(OS(=O)(=O)c3ccc([N+](=O)[O-])cc3)c(OC)c2)c1. The quantitative estimate of drug-likeness (QED) is 0.110. The lowest BCUT2D eigenvalue weighted by Crippen LogP contribution is -2.13. The Labute approximate surface area is 226 Å². The zero-order valence-corrected chi connectivity index (χ0v) is 22.4. The Morgan fingerprint density at radius 2 is 1.89 bits per heavy atom. The molecule has 196 valence electrons. The highest BCUT2D eigenvalue weighted by molar-refractivity contribution is 9.10. The molecule has 0 fully saturated rings. The zero-order valence-electron chi connectivity index (χ0n) is 20.0. The van der Waals surface area contributed by atoms with Crippen LogP contribution in [0.15, 0.2) is 75.6 Å². The van der Waals surface area contributed by atoms with Crippen molar-refractivity contribution >= 4 is 49.4 Å². The molecule has 3 aromatic carbocycles. The van der Waals surface area contributed by atoms with E-state index in [4.69, 9.17) is 13.7 Å². The molecule has 0 atom stereocenters. The fraction of sp³-hybridized carbons (Fsp3) is 0.120. The monoisotopic (exact) mass is 601 g/mol. The van der Waals surface area contributed by atoms with Crippen LogP contribution >= 0.6 is 15.9 Å². The molecule has 0 bridgehead atoms. The third-order valence-corrected chi connectivity index (χ3v) is 6.68. The molecule has 13 heteroatoms. The number of halogens is 1. The maximum atomic E-state index is 12.8. The van der Waals surface area contributed by atoms with Gasteiger partial charge in [-0.15, -0.1) is 0 Å². The van der Waals surface area contributed by atoms with Gasteiger partial charge in [-0.2, -0.15) is 13.7 Å². The smallest absolute Gasteiger partial charge is 0.339 e. The number of nitrogens with zero attached hydrogens (tertiary/aromatic N) is 2. The van der Waals surface area contributed by atoms with Gasteiger partial charge in [-0.3, -0.25) is 14.9 Å². The summed E-state index contributed by atoms with van der Waals surface area (Å²) >= 11 is 3.23. The lowest BCUT2D eigenvalue weighted by molar-refractivity contribution is -0.384. The third-order valence-electron chi connectivity index (χ3n) is 4.86. The van der Waals surface area contributed by atoms with Gasteiger partial charge in [0.1, 0.15) is 22.3 Å². The summed E-state index contributed by atoms with van der Waals surface area (Å²) in [6.45, 7) is 2.28. The molecule has 1 N–H and O–H groups in total. The number of ether oxygens (including phenoxy) is 2. The summed E-state index contributed by atoms with van der Waals surface area (Å²) in [5.41, 5.74) is 0.260. The molecule has 38 heavy (non-hydrogen) atoms. The topological polar surface area (TPSA) is 158 Å². The number of hydrogen-bond donors (Lipinski definition) is 1. The first-order chi connectivity index (χ1) is 18.1. The van der Waals surface area contributed by atoms with Gasteiger partial charge in [0.05, 0.1) is 23.1 Å². The number of nitro groups is 1. The number of benzene rings is 3. The fourth-order valence-corrected chi connectivity index (χ4v) is 4.75. The standard InChI is InChI=1S/C25H20BrN3O8S/c1-3-36-20-6-4-5-18(14-20)28-25(30)17(15-27)11-16-12-22(26)24(23(13-16)35-2)37-38(33,34)21-9-7-19(8-10-21)29(31)32/h4-14H,3H2,1-2H3,(H,28,30)/b17-11+. The number of carbonyl (C=O) groups excluding carboxylic acids is 1. The van der Waals surface area contributed by atoms with Crippen molar-refractivity contribution in [3.63, 3.8) is 0 Å². The summed E-state index contributed by atoms with van der Waals surface area (Å²) in [6.07, 6.45) is 1.30. The Morgan fingerprint density at radius 1 is 1.18 bits per heavy atom. The van der Waals surface area contributed by atoms with E-state index in [1.807, 2.05) is 13.0 Å². The van der Waals surface area contributed by atoms with E-state index in [-0.39, 0.29) is 32.1 Å². The summed E-state index contributed by atoms with van der Waals surface area (Å²) in [5, 5.41) is 23.0. The Kier molecular flexibility index (Phi) is 9.06. The molecule has 0 spiro atoms. The van der Waals surface area contributed by atoms with Gasteiger partial charge >= 0.3 is 10.1 Å². The molecule has 0 saturated carbocycles. The van der Waals surface area contributed by atoms with Crippen molar-refractivity contribution in [2.45, 2.75) is 11.8 Å². The van der Waals surface area contributed by atoms with Crippen LogP contribution in [0.4, 0.5) is 11.4 Å². The normalized spacial score (nSPS) is 11.3. The minimum atomic E-state index is -4.38. The minimum Gasteiger partial charge on any atom is -0.494 e. The second-order valence-corrected chi connectivity index (χ2v) is 9.81. The van der Waals surface area contributed by atoms with E-state index < -0.39 is 20.9 Å². The van der Waals surface area contributed by atoms with Crippen LogP contribution < -0.4 is 19.0 Å². The maximum absolute atomic E-state index is 12.8. The number of non-ortho nitro benzene ring substituents is 1. The third kappa shape index (κ3) is 6.87. The summed E-state index contributed by atoms with van der Waals surface area (Å²) in [5.74, 6) is -0.324. The minimum absolute atomic E-state index is 0.0155. The first-order valence-electron chi connectivity index (χ1n) is 10.8. The second-order valence-electron chi connectivity index (χ2n) is 7.41. The summed E-state index contributed by atoms with van der Waals surface area (Å²) in [7, 11) is -3.10. The molecule has 1 amide bonds. The van der Waals surface area contributed by atoms with Crippen molar-refractivity contribution in [1.29, 1.82) is 5.26 Å². The molecule has 0 aromatic heterocycles.